The maximum Gasteiger partial charge on any atom is 0.416 e. The first kappa shape index (κ1) is 24.8. The third-order valence-electron chi connectivity index (χ3n) is 5.89. The lowest BCUT2D eigenvalue weighted by atomic mass is 10.0. The summed E-state index contributed by atoms with van der Waals surface area (Å²) in [5.41, 5.74) is -3.20. The Balaban J connectivity index is 1.80. The highest BCUT2D eigenvalue weighted by molar-refractivity contribution is 5.88. The zero-order chi connectivity index (χ0) is 26.2. The van der Waals surface area contributed by atoms with E-state index < -0.39 is 47.2 Å². The number of carboxylic acids is 1. The minimum Gasteiger partial charge on any atom is -0.477 e. The molecule has 3 aromatic rings. The third kappa shape index (κ3) is 4.61. The number of alkyl halides is 3. The number of aromatic carboxylic acids is 1. The molecule has 4 rings (SSSR count). The highest BCUT2D eigenvalue weighted by Gasteiger charge is 2.33. The second kappa shape index (κ2) is 9.36. The Morgan fingerprint density at radius 2 is 1.72 bits per heavy atom. The zero-order valence-corrected chi connectivity index (χ0v) is 18.9. The SMILES string of the molecule is Cc1c(Cn2c(=O)c(C(=O)O)cn(-c3ccc(N4CCCOC4=O)cc3)c2=O)cccc1C(F)(F)F. The van der Waals surface area contributed by atoms with Crippen LogP contribution in [0.15, 0.2) is 58.3 Å². The number of hydrogen-bond acceptors (Lipinski definition) is 5. The normalized spacial score (nSPS) is 14.0. The van der Waals surface area contributed by atoms with Crippen LogP contribution in [0.2, 0.25) is 0 Å². The van der Waals surface area contributed by atoms with E-state index in [1.807, 2.05) is 0 Å². The Kier molecular flexibility index (Phi) is 6.44. The molecule has 0 bridgehead atoms. The predicted octanol–water partition coefficient (Wildman–Crippen LogP) is 3.42. The number of rotatable bonds is 5. The third-order valence-corrected chi connectivity index (χ3v) is 5.89. The van der Waals surface area contributed by atoms with Crippen molar-refractivity contribution in [2.45, 2.75) is 26.1 Å². The number of ether oxygens (including phenoxy) is 1. The van der Waals surface area contributed by atoms with Crippen LogP contribution >= 0.6 is 0 Å². The van der Waals surface area contributed by atoms with Gasteiger partial charge in [0.2, 0.25) is 0 Å². The van der Waals surface area contributed by atoms with Crippen LogP contribution in [0.4, 0.5) is 23.7 Å². The van der Waals surface area contributed by atoms with Gasteiger partial charge in [0.25, 0.3) is 5.56 Å². The van der Waals surface area contributed by atoms with Gasteiger partial charge in [-0.15, -0.1) is 0 Å². The summed E-state index contributed by atoms with van der Waals surface area (Å²) in [5, 5.41) is 9.53. The molecule has 1 aliphatic heterocycles. The minimum absolute atomic E-state index is 0.0390. The number of anilines is 1. The molecular formula is C24H20F3N3O6. The lowest BCUT2D eigenvalue weighted by molar-refractivity contribution is -0.138. The number of cyclic esters (lactones) is 1. The Hall–Kier alpha value is -4.35. The fraction of sp³-hybridized carbons (Fsp3) is 0.250. The van der Waals surface area contributed by atoms with Gasteiger partial charge >= 0.3 is 23.9 Å². The first-order chi connectivity index (χ1) is 17.0. The van der Waals surface area contributed by atoms with E-state index in [0.29, 0.717) is 29.8 Å². The molecule has 1 fully saturated rings. The second-order valence-corrected chi connectivity index (χ2v) is 8.12. The van der Waals surface area contributed by atoms with Gasteiger partial charge in [-0.05, 0) is 54.8 Å². The van der Waals surface area contributed by atoms with E-state index in [0.717, 1.165) is 22.9 Å². The summed E-state index contributed by atoms with van der Waals surface area (Å²) in [5.74, 6) is -1.60. The van der Waals surface area contributed by atoms with Crippen molar-refractivity contribution >= 4 is 17.7 Å². The van der Waals surface area contributed by atoms with Crippen LogP contribution in [0.5, 0.6) is 0 Å². The van der Waals surface area contributed by atoms with Crippen molar-refractivity contribution in [3.8, 4) is 5.69 Å². The first-order valence-corrected chi connectivity index (χ1v) is 10.8. The van der Waals surface area contributed by atoms with E-state index in [4.69, 9.17) is 4.74 Å². The number of benzene rings is 2. The summed E-state index contributed by atoms with van der Waals surface area (Å²) >= 11 is 0. The Morgan fingerprint density at radius 1 is 1.06 bits per heavy atom. The Morgan fingerprint density at radius 3 is 2.33 bits per heavy atom. The maximum absolute atomic E-state index is 13.3. The van der Waals surface area contributed by atoms with Crippen LogP contribution in [-0.4, -0.2) is 39.5 Å². The molecule has 2 aromatic carbocycles. The number of aromatic nitrogens is 2. The summed E-state index contributed by atoms with van der Waals surface area (Å²) in [6, 6.07) is 9.33. The summed E-state index contributed by atoms with van der Waals surface area (Å²) in [4.78, 5) is 51.1. The maximum atomic E-state index is 13.3. The van der Waals surface area contributed by atoms with Crippen LogP contribution < -0.4 is 16.1 Å². The van der Waals surface area contributed by atoms with Crippen LogP contribution in [0.25, 0.3) is 5.69 Å². The molecule has 9 nitrogen and oxygen atoms in total. The molecule has 0 atom stereocenters. The molecule has 0 saturated carbocycles. The van der Waals surface area contributed by atoms with E-state index >= 15 is 0 Å². The van der Waals surface area contributed by atoms with Gasteiger partial charge < -0.3 is 9.84 Å². The van der Waals surface area contributed by atoms with Gasteiger partial charge in [0.1, 0.15) is 5.56 Å². The quantitative estimate of drug-likeness (QED) is 0.571. The van der Waals surface area contributed by atoms with Crippen molar-refractivity contribution in [3.63, 3.8) is 0 Å². The van der Waals surface area contributed by atoms with E-state index in [9.17, 15) is 37.5 Å². The van der Waals surface area contributed by atoms with Gasteiger partial charge in [-0.2, -0.15) is 13.2 Å². The molecule has 1 saturated heterocycles. The number of halogens is 3. The molecule has 36 heavy (non-hydrogen) atoms. The largest absolute Gasteiger partial charge is 0.477 e. The van der Waals surface area contributed by atoms with Crippen molar-refractivity contribution in [2.24, 2.45) is 0 Å². The topological polar surface area (TPSA) is 111 Å². The summed E-state index contributed by atoms with van der Waals surface area (Å²) < 4.78 is 46.5. The predicted molar refractivity (Wildman–Crippen MR) is 122 cm³/mol. The molecule has 1 amide bonds. The molecule has 188 valence electrons. The van der Waals surface area contributed by atoms with Gasteiger partial charge in [-0.25, -0.2) is 14.4 Å². The van der Waals surface area contributed by atoms with Gasteiger partial charge in [0.05, 0.1) is 24.4 Å². The summed E-state index contributed by atoms with van der Waals surface area (Å²) in [6.07, 6.45) is -3.66. The van der Waals surface area contributed by atoms with E-state index in [1.165, 1.54) is 42.2 Å². The minimum atomic E-state index is -4.64. The Labute approximate surface area is 201 Å². The molecule has 0 unspecified atom stereocenters. The first-order valence-electron chi connectivity index (χ1n) is 10.8. The fourth-order valence-electron chi connectivity index (χ4n) is 3.98. The standard InChI is InChI=1S/C24H20F3N3O6/c1-14-15(4-2-5-19(14)24(25,26)27)12-30-20(31)18(21(32)33)13-29(22(30)34)17-8-6-16(7-9-17)28-10-3-11-36-23(28)35/h2,4-9,13H,3,10-12H2,1H3,(H,32,33). The molecule has 0 radical (unpaired) electrons. The molecule has 12 heteroatoms. The molecule has 1 N–H and O–H groups in total. The number of carbonyl (C=O) groups excluding carboxylic acids is 1. The van der Waals surface area contributed by atoms with Crippen molar-refractivity contribution < 1.29 is 32.6 Å². The van der Waals surface area contributed by atoms with Crippen LogP contribution in [0, 0.1) is 6.92 Å². The van der Waals surface area contributed by atoms with Crippen molar-refractivity contribution in [2.75, 3.05) is 18.1 Å². The van der Waals surface area contributed by atoms with Crippen molar-refractivity contribution in [1.29, 1.82) is 0 Å². The number of nitrogens with zero attached hydrogens (tertiary/aromatic N) is 3. The summed E-state index contributed by atoms with van der Waals surface area (Å²) in [6.45, 7) is 1.40. The second-order valence-electron chi connectivity index (χ2n) is 8.12. The lowest BCUT2D eigenvalue weighted by Gasteiger charge is -2.26. The highest BCUT2D eigenvalue weighted by Crippen LogP contribution is 2.33. The average Bonchev–Trinajstić information content (AvgIpc) is 2.82. The monoisotopic (exact) mass is 503 g/mol. The summed E-state index contributed by atoms with van der Waals surface area (Å²) in [7, 11) is 0. The average molecular weight is 503 g/mol. The fourth-order valence-corrected chi connectivity index (χ4v) is 3.98. The van der Waals surface area contributed by atoms with E-state index in [-0.39, 0.29) is 16.8 Å². The molecule has 1 aromatic heterocycles. The van der Waals surface area contributed by atoms with Crippen LogP contribution in [-0.2, 0) is 17.5 Å². The van der Waals surface area contributed by atoms with Crippen molar-refractivity contribution in [3.05, 3.63) is 91.8 Å². The lowest BCUT2D eigenvalue weighted by Crippen LogP contribution is -2.42. The number of carboxylic acid groups (broad SMARTS) is 1. The van der Waals surface area contributed by atoms with Crippen LogP contribution in [0.1, 0.15) is 33.5 Å². The Bertz CT molecular complexity index is 1460. The van der Waals surface area contributed by atoms with Crippen molar-refractivity contribution in [1.82, 2.24) is 9.13 Å². The van der Waals surface area contributed by atoms with Gasteiger partial charge in [-0.1, -0.05) is 12.1 Å². The highest BCUT2D eigenvalue weighted by atomic mass is 19.4. The molecule has 0 aliphatic carbocycles. The van der Waals surface area contributed by atoms with E-state index in [1.54, 1.807) is 0 Å². The molecular weight excluding hydrogens is 483 g/mol. The van der Waals surface area contributed by atoms with Gasteiger partial charge in [0.15, 0.2) is 0 Å². The zero-order valence-electron chi connectivity index (χ0n) is 18.9. The van der Waals surface area contributed by atoms with E-state index in [2.05, 4.69) is 0 Å². The number of carbonyl (C=O) groups is 2. The van der Waals surface area contributed by atoms with Gasteiger partial charge in [-0.3, -0.25) is 18.8 Å². The smallest absolute Gasteiger partial charge is 0.416 e. The molecule has 2 heterocycles. The van der Waals surface area contributed by atoms with Crippen LogP contribution in [0.3, 0.4) is 0 Å². The molecule has 1 aliphatic rings. The molecule has 0 spiro atoms. The van der Waals surface area contributed by atoms with Gasteiger partial charge in [0, 0.05) is 18.4 Å². The number of hydrogen-bond donors (Lipinski definition) is 1. The number of amides is 1.